The lowest BCUT2D eigenvalue weighted by Gasteiger charge is -2.26. The number of ether oxygens (including phenoxy) is 4. The molecule has 9 nitrogen and oxygen atoms in total. The van der Waals surface area contributed by atoms with Crippen LogP contribution < -0.4 is 14.8 Å². The minimum absolute atomic E-state index is 0.177. The van der Waals surface area contributed by atoms with Crippen LogP contribution >= 0.6 is 11.3 Å². The average molecular weight is 458 g/mol. The van der Waals surface area contributed by atoms with Crippen LogP contribution in [0, 0.1) is 0 Å². The lowest BCUT2D eigenvalue weighted by Crippen LogP contribution is -2.36. The maximum atomic E-state index is 12.6. The number of hydrogen-bond acceptors (Lipinski definition) is 8. The van der Waals surface area contributed by atoms with Gasteiger partial charge in [0.25, 0.3) is 0 Å². The number of hydrogen-bond donors (Lipinski definition) is 1. The van der Waals surface area contributed by atoms with Crippen LogP contribution in [0.15, 0.2) is 24.3 Å². The smallest absolute Gasteiger partial charge is 0.410 e. The number of benzene rings is 1. The summed E-state index contributed by atoms with van der Waals surface area (Å²) in [4.78, 5) is 39.5. The molecule has 2 amide bonds. The van der Waals surface area contributed by atoms with E-state index < -0.39 is 18.0 Å². The van der Waals surface area contributed by atoms with E-state index in [1.807, 2.05) is 6.07 Å². The molecule has 2 aliphatic heterocycles. The van der Waals surface area contributed by atoms with E-state index in [-0.39, 0.29) is 13.4 Å². The summed E-state index contributed by atoms with van der Waals surface area (Å²) >= 11 is 1.26. The van der Waals surface area contributed by atoms with E-state index in [1.165, 1.54) is 24.5 Å². The zero-order chi connectivity index (χ0) is 22.7. The molecular weight excluding hydrogens is 436 g/mol. The monoisotopic (exact) mass is 458 g/mol. The van der Waals surface area contributed by atoms with Crippen LogP contribution in [0.2, 0.25) is 0 Å². The van der Waals surface area contributed by atoms with Gasteiger partial charge in [-0.2, -0.15) is 0 Å². The predicted molar refractivity (Wildman–Crippen MR) is 117 cm³/mol. The third-order valence-corrected chi connectivity index (χ3v) is 6.17. The molecule has 32 heavy (non-hydrogen) atoms. The first-order valence-electron chi connectivity index (χ1n) is 10.0. The van der Waals surface area contributed by atoms with Gasteiger partial charge in [-0.15, -0.1) is 11.3 Å². The van der Waals surface area contributed by atoms with Gasteiger partial charge >= 0.3 is 12.1 Å². The molecule has 4 rings (SSSR count). The standard InChI is InChI=1S/C22H22N2O7S/c1-3-29-22(27)24-9-8-14-17(11-24)32-20(19(14)21(26)28-2)23-18(25)7-5-13-4-6-15-16(10-13)31-12-30-15/h4-7,10H,3,8-9,11-12H2,1-2H3,(H,23,25)/b7-5+. The van der Waals surface area contributed by atoms with Gasteiger partial charge in [0.2, 0.25) is 12.7 Å². The molecular formula is C22H22N2O7S. The summed E-state index contributed by atoms with van der Waals surface area (Å²) in [6.07, 6.45) is 3.09. The van der Waals surface area contributed by atoms with Crippen molar-refractivity contribution in [3.05, 3.63) is 45.8 Å². The van der Waals surface area contributed by atoms with Crippen LogP contribution in [0.5, 0.6) is 11.5 Å². The van der Waals surface area contributed by atoms with E-state index in [1.54, 1.807) is 30.0 Å². The van der Waals surface area contributed by atoms with E-state index >= 15 is 0 Å². The highest BCUT2D eigenvalue weighted by Crippen LogP contribution is 2.38. The maximum absolute atomic E-state index is 12.6. The second-order valence-electron chi connectivity index (χ2n) is 7.01. The van der Waals surface area contributed by atoms with Crippen molar-refractivity contribution in [2.75, 3.05) is 32.4 Å². The molecule has 0 fully saturated rings. The molecule has 0 spiro atoms. The first-order chi connectivity index (χ1) is 15.5. The van der Waals surface area contributed by atoms with Crippen molar-refractivity contribution in [1.82, 2.24) is 4.90 Å². The number of nitrogens with one attached hydrogen (secondary N) is 1. The Kier molecular flexibility index (Phi) is 6.31. The zero-order valence-electron chi connectivity index (χ0n) is 17.6. The number of carbonyl (C=O) groups is 3. The molecule has 0 saturated carbocycles. The number of thiophene rings is 1. The number of fused-ring (bicyclic) bond motifs is 2. The highest BCUT2D eigenvalue weighted by molar-refractivity contribution is 7.17. The summed E-state index contributed by atoms with van der Waals surface area (Å²) in [5.74, 6) is 0.365. The highest BCUT2D eigenvalue weighted by atomic mass is 32.1. The first-order valence-corrected chi connectivity index (χ1v) is 10.8. The molecule has 2 aromatic rings. The maximum Gasteiger partial charge on any atom is 0.410 e. The molecule has 3 heterocycles. The second kappa shape index (κ2) is 9.31. The summed E-state index contributed by atoms with van der Waals surface area (Å²) < 4.78 is 20.6. The van der Waals surface area contributed by atoms with Crippen molar-refractivity contribution >= 4 is 40.4 Å². The molecule has 1 aromatic carbocycles. The lowest BCUT2D eigenvalue weighted by atomic mass is 10.0. The van der Waals surface area contributed by atoms with Gasteiger partial charge < -0.3 is 29.2 Å². The third-order valence-electron chi connectivity index (χ3n) is 5.03. The van der Waals surface area contributed by atoms with Crippen LogP contribution in [-0.2, 0) is 27.2 Å². The van der Waals surface area contributed by atoms with Gasteiger partial charge in [-0.05, 0) is 42.7 Å². The van der Waals surface area contributed by atoms with Crippen molar-refractivity contribution in [1.29, 1.82) is 0 Å². The van der Waals surface area contributed by atoms with E-state index in [2.05, 4.69) is 5.32 Å². The van der Waals surface area contributed by atoms with Crippen LogP contribution in [0.1, 0.15) is 33.3 Å². The summed E-state index contributed by atoms with van der Waals surface area (Å²) in [5, 5.41) is 3.17. The second-order valence-corrected chi connectivity index (χ2v) is 8.11. The molecule has 1 aromatic heterocycles. The molecule has 0 saturated heterocycles. The Morgan fingerprint density at radius 3 is 2.84 bits per heavy atom. The molecule has 2 aliphatic rings. The van der Waals surface area contributed by atoms with Crippen LogP contribution in [0.25, 0.3) is 6.08 Å². The Morgan fingerprint density at radius 2 is 2.06 bits per heavy atom. The van der Waals surface area contributed by atoms with Gasteiger partial charge in [-0.25, -0.2) is 9.59 Å². The van der Waals surface area contributed by atoms with E-state index in [0.717, 1.165) is 16.0 Å². The Bertz CT molecular complexity index is 1090. The fraction of sp³-hybridized carbons (Fsp3) is 0.318. The van der Waals surface area contributed by atoms with Gasteiger partial charge in [0, 0.05) is 17.5 Å². The number of rotatable bonds is 5. The first kappa shape index (κ1) is 21.7. The summed E-state index contributed by atoms with van der Waals surface area (Å²) in [5.41, 5.74) is 1.89. The van der Waals surface area contributed by atoms with Crippen LogP contribution in [0.3, 0.4) is 0 Å². The third kappa shape index (κ3) is 4.40. The molecule has 0 unspecified atom stereocenters. The summed E-state index contributed by atoms with van der Waals surface area (Å²) in [6, 6.07) is 5.36. The van der Waals surface area contributed by atoms with Crippen molar-refractivity contribution < 1.29 is 33.3 Å². The largest absolute Gasteiger partial charge is 0.465 e. The number of carbonyl (C=O) groups excluding carboxylic acids is 3. The number of nitrogens with zero attached hydrogens (tertiary/aromatic N) is 1. The molecule has 0 aliphatic carbocycles. The van der Waals surface area contributed by atoms with Gasteiger partial charge in [-0.3, -0.25) is 4.79 Å². The van der Waals surface area contributed by atoms with Crippen LogP contribution in [-0.4, -0.2) is 49.9 Å². The predicted octanol–water partition coefficient (Wildman–Crippen LogP) is 3.43. The minimum atomic E-state index is -0.526. The lowest BCUT2D eigenvalue weighted by molar-refractivity contribution is -0.111. The van der Waals surface area contributed by atoms with Crippen LogP contribution in [0.4, 0.5) is 9.80 Å². The SMILES string of the molecule is CCOC(=O)N1CCc2c(sc(NC(=O)/C=C/c3ccc4c(c3)OCO4)c2C(=O)OC)C1. The fourth-order valence-electron chi connectivity index (χ4n) is 3.52. The Labute approximate surface area is 188 Å². The molecule has 1 N–H and O–H groups in total. The Morgan fingerprint density at radius 1 is 1.25 bits per heavy atom. The quantitative estimate of drug-likeness (QED) is 0.541. The van der Waals surface area contributed by atoms with Crippen molar-refractivity contribution in [2.24, 2.45) is 0 Å². The Balaban J connectivity index is 1.52. The highest BCUT2D eigenvalue weighted by Gasteiger charge is 2.31. The summed E-state index contributed by atoms with van der Waals surface area (Å²) in [6.45, 7) is 2.95. The minimum Gasteiger partial charge on any atom is -0.465 e. The topological polar surface area (TPSA) is 103 Å². The molecule has 168 valence electrons. The van der Waals surface area contributed by atoms with Crippen molar-refractivity contribution in [3.63, 3.8) is 0 Å². The number of methoxy groups -OCH3 is 1. The number of anilines is 1. The molecule has 10 heteroatoms. The van der Waals surface area contributed by atoms with E-state index in [9.17, 15) is 14.4 Å². The van der Waals surface area contributed by atoms with Gasteiger partial charge in [0.1, 0.15) is 5.00 Å². The van der Waals surface area contributed by atoms with E-state index in [0.29, 0.717) is 41.6 Å². The number of esters is 1. The Hall–Kier alpha value is -3.53. The summed E-state index contributed by atoms with van der Waals surface area (Å²) in [7, 11) is 1.30. The van der Waals surface area contributed by atoms with Crippen molar-refractivity contribution in [3.8, 4) is 11.5 Å². The van der Waals surface area contributed by atoms with Gasteiger partial charge in [0.05, 0.1) is 25.8 Å². The molecule has 0 radical (unpaired) electrons. The van der Waals surface area contributed by atoms with E-state index in [4.69, 9.17) is 18.9 Å². The number of amides is 2. The molecule has 0 bridgehead atoms. The normalized spacial score (nSPS) is 14.2. The fourth-order valence-corrected chi connectivity index (χ4v) is 4.78. The van der Waals surface area contributed by atoms with Gasteiger partial charge in [-0.1, -0.05) is 6.07 Å². The molecule has 0 atom stereocenters. The van der Waals surface area contributed by atoms with Crippen molar-refractivity contribution in [2.45, 2.75) is 19.9 Å². The zero-order valence-corrected chi connectivity index (χ0v) is 18.5. The van der Waals surface area contributed by atoms with Gasteiger partial charge in [0.15, 0.2) is 11.5 Å². The average Bonchev–Trinajstić information content (AvgIpc) is 3.40.